The topological polar surface area (TPSA) is 51.2 Å². The van der Waals surface area contributed by atoms with Gasteiger partial charge in [0, 0.05) is 45.9 Å². The van der Waals surface area contributed by atoms with Gasteiger partial charge in [-0.3, -0.25) is 4.90 Å². The predicted molar refractivity (Wildman–Crippen MR) is 72.1 cm³/mol. The third kappa shape index (κ3) is 5.76. The van der Waals surface area contributed by atoms with Crippen molar-refractivity contribution in [3.63, 3.8) is 0 Å². The molecule has 6 heteroatoms. The zero-order chi connectivity index (χ0) is 14.1. The Morgan fingerprint density at radius 2 is 1.58 bits per heavy atom. The quantitative estimate of drug-likeness (QED) is 0.652. The minimum Gasteiger partial charge on any atom is -0.450 e. The van der Waals surface area contributed by atoms with Crippen molar-refractivity contribution >= 4 is 6.09 Å². The van der Waals surface area contributed by atoms with Gasteiger partial charge in [0.1, 0.15) is 0 Å². The highest BCUT2D eigenvalue weighted by molar-refractivity contribution is 5.67. The van der Waals surface area contributed by atoms with Crippen molar-refractivity contribution in [1.29, 1.82) is 0 Å². The van der Waals surface area contributed by atoms with Crippen LogP contribution in [-0.4, -0.2) is 74.7 Å². The number of carbonyl (C=O) groups is 1. The molecule has 0 spiro atoms. The lowest BCUT2D eigenvalue weighted by molar-refractivity contribution is -0.149. The minimum atomic E-state index is -0.215. The number of amides is 1. The number of nitrogens with zero attached hydrogens (tertiary/aromatic N) is 2. The highest BCUT2D eigenvalue weighted by atomic mass is 16.7. The predicted octanol–water partition coefficient (Wildman–Crippen LogP) is 1.16. The monoisotopic (exact) mass is 274 g/mol. The fourth-order valence-corrected chi connectivity index (χ4v) is 2.06. The maximum Gasteiger partial charge on any atom is 0.409 e. The third-order valence-electron chi connectivity index (χ3n) is 3.01. The molecule has 19 heavy (non-hydrogen) atoms. The SMILES string of the molecule is CCOC(=O)N1CCN(CC(OCC)OCC)CC1. The van der Waals surface area contributed by atoms with E-state index in [2.05, 4.69) is 4.90 Å². The van der Waals surface area contributed by atoms with Crippen LogP contribution in [0.15, 0.2) is 0 Å². The first-order valence-corrected chi connectivity index (χ1v) is 7.08. The second-order valence-corrected chi connectivity index (χ2v) is 4.33. The van der Waals surface area contributed by atoms with E-state index in [4.69, 9.17) is 14.2 Å². The minimum absolute atomic E-state index is 0.177. The van der Waals surface area contributed by atoms with Gasteiger partial charge < -0.3 is 19.1 Å². The molecular weight excluding hydrogens is 248 g/mol. The van der Waals surface area contributed by atoms with E-state index in [1.165, 1.54) is 0 Å². The molecule has 1 fully saturated rings. The smallest absolute Gasteiger partial charge is 0.409 e. The molecule has 0 N–H and O–H groups in total. The average molecular weight is 274 g/mol. The summed E-state index contributed by atoms with van der Waals surface area (Å²) in [7, 11) is 0. The second-order valence-electron chi connectivity index (χ2n) is 4.33. The molecular formula is C13H26N2O4. The number of hydrogen-bond donors (Lipinski definition) is 0. The molecule has 0 aliphatic carbocycles. The Morgan fingerprint density at radius 1 is 1.00 bits per heavy atom. The molecule has 0 saturated carbocycles. The van der Waals surface area contributed by atoms with E-state index >= 15 is 0 Å². The van der Waals surface area contributed by atoms with Crippen LogP contribution < -0.4 is 0 Å². The Labute approximate surface area is 115 Å². The number of ether oxygens (including phenoxy) is 3. The fraction of sp³-hybridized carbons (Fsp3) is 0.923. The van der Waals surface area contributed by atoms with Crippen LogP contribution in [0.1, 0.15) is 20.8 Å². The lowest BCUT2D eigenvalue weighted by Gasteiger charge is -2.35. The van der Waals surface area contributed by atoms with Crippen LogP contribution in [0.3, 0.4) is 0 Å². The van der Waals surface area contributed by atoms with Gasteiger partial charge in [0.05, 0.1) is 6.61 Å². The van der Waals surface area contributed by atoms with Crippen LogP contribution in [0.2, 0.25) is 0 Å². The molecule has 0 aromatic rings. The zero-order valence-corrected chi connectivity index (χ0v) is 12.3. The molecule has 6 nitrogen and oxygen atoms in total. The first kappa shape index (κ1) is 16.2. The molecule has 0 atom stereocenters. The molecule has 0 aromatic carbocycles. The van der Waals surface area contributed by atoms with Gasteiger partial charge in [-0.1, -0.05) is 0 Å². The highest BCUT2D eigenvalue weighted by Crippen LogP contribution is 2.06. The van der Waals surface area contributed by atoms with Crippen molar-refractivity contribution in [2.24, 2.45) is 0 Å². The number of piperazine rings is 1. The summed E-state index contributed by atoms with van der Waals surface area (Å²) in [6.45, 7) is 11.3. The Morgan fingerprint density at radius 3 is 2.05 bits per heavy atom. The standard InChI is InChI=1S/C13H26N2O4/c1-4-17-12(18-5-2)11-14-7-9-15(10-8-14)13(16)19-6-3/h12H,4-11H2,1-3H3. The van der Waals surface area contributed by atoms with E-state index in [1.54, 1.807) is 4.90 Å². The molecule has 1 aliphatic rings. The Hall–Kier alpha value is -0.850. The van der Waals surface area contributed by atoms with E-state index in [0.29, 0.717) is 32.9 Å². The molecule has 0 aromatic heterocycles. The summed E-state index contributed by atoms with van der Waals surface area (Å²) < 4.78 is 16.1. The van der Waals surface area contributed by atoms with Gasteiger partial charge in [0.25, 0.3) is 0 Å². The van der Waals surface area contributed by atoms with E-state index in [9.17, 15) is 4.79 Å². The number of rotatable bonds is 7. The summed E-state index contributed by atoms with van der Waals surface area (Å²) in [5.41, 5.74) is 0. The van der Waals surface area contributed by atoms with Crippen molar-refractivity contribution in [3.8, 4) is 0 Å². The molecule has 1 heterocycles. The Kier molecular flexibility index (Phi) is 7.78. The lowest BCUT2D eigenvalue weighted by Crippen LogP contribution is -2.51. The Bertz CT molecular complexity index is 249. The summed E-state index contributed by atoms with van der Waals surface area (Å²) in [5.74, 6) is 0. The van der Waals surface area contributed by atoms with Crippen LogP contribution in [-0.2, 0) is 14.2 Å². The van der Waals surface area contributed by atoms with Crippen molar-refractivity contribution in [1.82, 2.24) is 9.80 Å². The van der Waals surface area contributed by atoms with Gasteiger partial charge in [-0.05, 0) is 20.8 Å². The largest absolute Gasteiger partial charge is 0.450 e. The van der Waals surface area contributed by atoms with Gasteiger partial charge in [0.15, 0.2) is 6.29 Å². The summed E-state index contributed by atoms with van der Waals surface area (Å²) in [5, 5.41) is 0. The zero-order valence-electron chi connectivity index (χ0n) is 12.3. The summed E-state index contributed by atoms with van der Waals surface area (Å²) >= 11 is 0. The molecule has 0 unspecified atom stereocenters. The van der Waals surface area contributed by atoms with E-state index in [0.717, 1.165) is 19.6 Å². The van der Waals surface area contributed by atoms with Crippen LogP contribution >= 0.6 is 0 Å². The highest BCUT2D eigenvalue weighted by Gasteiger charge is 2.23. The van der Waals surface area contributed by atoms with E-state index in [-0.39, 0.29) is 12.4 Å². The third-order valence-corrected chi connectivity index (χ3v) is 3.01. The van der Waals surface area contributed by atoms with Gasteiger partial charge in [-0.2, -0.15) is 0 Å². The summed E-state index contributed by atoms with van der Waals surface area (Å²) in [4.78, 5) is 15.6. The van der Waals surface area contributed by atoms with Crippen LogP contribution in [0, 0.1) is 0 Å². The summed E-state index contributed by atoms with van der Waals surface area (Å²) in [6.07, 6.45) is -0.391. The number of carbonyl (C=O) groups excluding carboxylic acids is 1. The maximum absolute atomic E-state index is 11.6. The van der Waals surface area contributed by atoms with Gasteiger partial charge in [-0.25, -0.2) is 4.79 Å². The van der Waals surface area contributed by atoms with Crippen molar-refractivity contribution in [2.45, 2.75) is 27.1 Å². The molecule has 0 radical (unpaired) electrons. The molecule has 1 rings (SSSR count). The average Bonchev–Trinajstić information content (AvgIpc) is 2.40. The van der Waals surface area contributed by atoms with Gasteiger partial charge >= 0.3 is 6.09 Å². The van der Waals surface area contributed by atoms with Crippen LogP contribution in [0.25, 0.3) is 0 Å². The van der Waals surface area contributed by atoms with E-state index in [1.807, 2.05) is 20.8 Å². The van der Waals surface area contributed by atoms with E-state index < -0.39 is 0 Å². The summed E-state index contributed by atoms with van der Waals surface area (Å²) in [6, 6.07) is 0. The molecule has 1 aliphatic heterocycles. The fourth-order valence-electron chi connectivity index (χ4n) is 2.06. The maximum atomic E-state index is 11.6. The first-order chi connectivity index (χ1) is 9.21. The molecule has 1 saturated heterocycles. The number of hydrogen-bond acceptors (Lipinski definition) is 5. The first-order valence-electron chi connectivity index (χ1n) is 7.08. The lowest BCUT2D eigenvalue weighted by atomic mass is 10.3. The second kappa shape index (κ2) is 9.12. The Balaban J connectivity index is 2.30. The van der Waals surface area contributed by atoms with Crippen molar-refractivity contribution < 1.29 is 19.0 Å². The molecule has 112 valence electrons. The van der Waals surface area contributed by atoms with Crippen molar-refractivity contribution in [2.75, 3.05) is 52.5 Å². The molecule has 1 amide bonds. The normalized spacial score (nSPS) is 16.9. The van der Waals surface area contributed by atoms with Gasteiger partial charge in [0.2, 0.25) is 0 Å². The van der Waals surface area contributed by atoms with Crippen LogP contribution in [0.4, 0.5) is 4.79 Å². The van der Waals surface area contributed by atoms with Gasteiger partial charge in [-0.15, -0.1) is 0 Å². The molecule has 0 bridgehead atoms. The van der Waals surface area contributed by atoms with Crippen LogP contribution in [0.5, 0.6) is 0 Å². The van der Waals surface area contributed by atoms with Crippen molar-refractivity contribution in [3.05, 3.63) is 0 Å².